The van der Waals surface area contributed by atoms with E-state index in [4.69, 9.17) is 9.15 Å². The van der Waals surface area contributed by atoms with Crippen LogP contribution in [0, 0.1) is 5.92 Å². The lowest BCUT2D eigenvalue weighted by Gasteiger charge is -2.34. The maximum Gasteiger partial charge on any atom is 0.191 e. The van der Waals surface area contributed by atoms with Crippen LogP contribution in [-0.2, 0) is 4.74 Å². The van der Waals surface area contributed by atoms with Crippen molar-refractivity contribution in [3.8, 4) is 0 Å². The minimum Gasteiger partial charge on any atom is -0.468 e. The molecule has 160 valence electrons. The van der Waals surface area contributed by atoms with Gasteiger partial charge in [-0.15, -0.1) is 0 Å². The molecule has 2 rings (SSSR count). The molecule has 1 aromatic heterocycles. The monoisotopic (exact) mass is 393 g/mol. The first-order chi connectivity index (χ1) is 13.6. The summed E-state index contributed by atoms with van der Waals surface area (Å²) >= 11 is 0. The molecular formula is C21H39N5O2. The van der Waals surface area contributed by atoms with Crippen LogP contribution in [0.25, 0.3) is 0 Å². The summed E-state index contributed by atoms with van der Waals surface area (Å²) in [6.45, 7) is 16.2. The fraction of sp³-hybridized carbons (Fsp3) is 0.762. The third-order valence-electron chi connectivity index (χ3n) is 5.15. The third-order valence-corrected chi connectivity index (χ3v) is 5.15. The van der Waals surface area contributed by atoms with E-state index in [1.165, 1.54) is 0 Å². The van der Waals surface area contributed by atoms with Gasteiger partial charge < -0.3 is 19.8 Å². The van der Waals surface area contributed by atoms with Crippen LogP contribution in [0.4, 0.5) is 0 Å². The molecule has 1 aromatic rings. The minimum atomic E-state index is 0.177. The number of nitrogens with zero attached hydrogens (tertiary/aromatic N) is 3. The van der Waals surface area contributed by atoms with Crippen molar-refractivity contribution in [3.05, 3.63) is 24.2 Å². The highest BCUT2D eigenvalue weighted by Gasteiger charge is 2.23. The fourth-order valence-electron chi connectivity index (χ4n) is 3.77. The molecule has 28 heavy (non-hydrogen) atoms. The molecule has 0 aromatic carbocycles. The van der Waals surface area contributed by atoms with Crippen molar-refractivity contribution >= 4 is 5.96 Å². The lowest BCUT2D eigenvalue weighted by atomic mass is 10.2. The molecule has 1 aliphatic rings. The molecule has 1 fully saturated rings. The lowest BCUT2D eigenvalue weighted by molar-refractivity contribution is -0.0284. The molecule has 0 bridgehead atoms. The smallest absolute Gasteiger partial charge is 0.191 e. The van der Waals surface area contributed by atoms with Gasteiger partial charge in [-0.3, -0.25) is 14.8 Å². The summed E-state index contributed by atoms with van der Waals surface area (Å²) in [5.41, 5.74) is 0. The van der Waals surface area contributed by atoms with Crippen molar-refractivity contribution in [1.82, 2.24) is 20.4 Å². The predicted molar refractivity (Wildman–Crippen MR) is 115 cm³/mol. The highest BCUT2D eigenvalue weighted by Crippen LogP contribution is 2.20. The summed E-state index contributed by atoms with van der Waals surface area (Å²) in [6.07, 6.45) is 1.93. The Morgan fingerprint density at radius 3 is 2.71 bits per heavy atom. The third kappa shape index (κ3) is 7.11. The number of rotatable bonds is 10. The number of hydrogen-bond donors (Lipinski definition) is 2. The van der Waals surface area contributed by atoms with E-state index in [1.54, 1.807) is 13.3 Å². The molecule has 0 spiro atoms. The number of ether oxygens (including phenoxy) is 1. The number of furan rings is 1. The Balaban J connectivity index is 1.84. The van der Waals surface area contributed by atoms with Crippen molar-refractivity contribution in [3.63, 3.8) is 0 Å². The summed E-state index contributed by atoms with van der Waals surface area (Å²) in [7, 11) is 1.81. The number of aliphatic imine (C=N–C) groups is 1. The molecule has 0 aliphatic carbocycles. The molecule has 1 aliphatic heterocycles. The van der Waals surface area contributed by atoms with Crippen LogP contribution < -0.4 is 10.6 Å². The summed E-state index contributed by atoms with van der Waals surface area (Å²) in [6, 6.07) is 4.17. The largest absolute Gasteiger partial charge is 0.468 e. The predicted octanol–water partition coefficient (Wildman–Crippen LogP) is 2.18. The van der Waals surface area contributed by atoms with Crippen LogP contribution >= 0.6 is 0 Å². The van der Waals surface area contributed by atoms with E-state index in [0.717, 1.165) is 64.1 Å². The SMILES string of the molecule is CCN(CC)C(CNC(=NC)NCC1CN(CC(C)C)CCO1)c1ccco1. The van der Waals surface area contributed by atoms with Crippen LogP contribution in [0.2, 0.25) is 0 Å². The zero-order valence-corrected chi connectivity index (χ0v) is 18.3. The normalized spacial score (nSPS) is 20.0. The first kappa shape index (κ1) is 22.7. The second-order valence-corrected chi connectivity index (χ2v) is 7.73. The molecule has 7 nitrogen and oxygen atoms in total. The standard InChI is InChI=1S/C21H39N5O2/c1-6-26(7-2)19(20-9-8-11-28-20)14-24-21(22-5)23-13-18-16-25(10-12-27-18)15-17(3)4/h8-9,11,17-19H,6-7,10,12-16H2,1-5H3,(H2,22,23,24). The van der Waals surface area contributed by atoms with E-state index in [9.17, 15) is 0 Å². The van der Waals surface area contributed by atoms with Crippen LogP contribution in [0.3, 0.4) is 0 Å². The summed E-state index contributed by atoms with van der Waals surface area (Å²) in [4.78, 5) is 9.25. The summed E-state index contributed by atoms with van der Waals surface area (Å²) in [5, 5.41) is 6.88. The number of hydrogen-bond acceptors (Lipinski definition) is 5. The van der Waals surface area contributed by atoms with Gasteiger partial charge in [0.15, 0.2) is 5.96 Å². The van der Waals surface area contributed by atoms with Gasteiger partial charge in [0.1, 0.15) is 5.76 Å². The average Bonchev–Trinajstić information content (AvgIpc) is 3.21. The van der Waals surface area contributed by atoms with Gasteiger partial charge >= 0.3 is 0 Å². The molecule has 0 saturated carbocycles. The van der Waals surface area contributed by atoms with E-state index in [0.29, 0.717) is 5.92 Å². The Hall–Kier alpha value is -1.57. The van der Waals surface area contributed by atoms with Crippen LogP contribution in [-0.4, -0.2) is 81.3 Å². The Morgan fingerprint density at radius 2 is 2.11 bits per heavy atom. The molecule has 2 atom stereocenters. The van der Waals surface area contributed by atoms with Gasteiger partial charge in [-0.05, 0) is 31.1 Å². The van der Waals surface area contributed by atoms with Crippen LogP contribution in [0.15, 0.2) is 27.8 Å². The second kappa shape index (κ2) is 12.1. The summed E-state index contributed by atoms with van der Waals surface area (Å²) in [5.74, 6) is 2.46. The molecule has 7 heteroatoms. The van der Waals surface area contributed by atoms with Crippen molar-refractivity contribution < 1.29 is 9.15 Å². The lowest BCUT2D eigenvalue weighted by Crippen LogP contribution is -2.50. The van der Waals surface area contributed by atoms with Crippen LogP contribution in [0.5, 0.6) is 0 Å². The van der Waals surface area contributed by atoms with E-state index in [1.807, 2.05) is 12.1 Å². The van der Waals surface area contributed by atoms with Gasteiger partial charge in [0.2, 0.25) is 0 Å². The fourth-order valence-corrected chi connectivity index (χ4v) is 3.77. The van der Waals surface area contributed by atoms with Gasteiger partial charge in [-0.2, -0.15) is 0 Å². The van der Waals surface area contributed by atoms with E-state index in [2.05, 4.69) is 53.1 Å². The Labute approximate surface area is 170 Å². The number of morpholine rings is 1. The molecule has 0 amide bonds. The van der Waals surface area contributed by atoms with Gasteiger partial charge in [-0.1, -0.05) is 27.7 Å². The second-order valence-electron chi connectivity index (χ2n) is 7.73. The van der Waals surface area contributed by atoms with Crippen molar-refractivity contribution in [2.45, 2.75) is 39.8 Å². The zero-order valence-electron chi connectivity index (χ0n) is 18.3. The minimum absolute atomic E-state index is 0.177. The van der Waals surface area contributed by atoms with Gasteiger partial charge in [0.05, 0.1) is 25.0 Å². The van der Waals surface area contributed by atoms with Crippen LogP contribution in [0.1, 0.15) is 39.5 Å². The first-order valence-corrected chi connectivity index (χ1v) is 10.6. The van der Waals surface area contributed by atoms with E-state index < -0.39 is 0 Å². The molecular weight excluding hydrogens is 354 g/mol. The van der Waals surface area contributed by atoms with Gasteiger partial charge in [0.25, 0.3) is 0 Å². The molecule has 0 radical (unpaired) electrons. The quantitative estimate of drug-likeness (QED) is 0.469. The number of nitrogens with one attached hydrogen (secondary N) is 2. The number of guanidine groups is 1. The van der Waals surface area contributed by atoms with Crippen molar-refractivity contribution in [2.75, 3.05) is 59.5 Å². The maximum atomic E-state index is 5.93. The first-order valence-electron chi connectivity index (χ1n) is 10.6. The molecule has 2 heterocycles. The van der Waals surface area contributed by atoms with Crippen molar-refractivity contribution in [1.29, 1.82) is 0 Å². The molecule has 2 N–H and O–H groups in total. The highest BCUT2D eigenvalue weighted by atomic mass is 16.5. The molecule has 1 saturated heterocycles. The molecule has 2 unspecified atom stereocenters. The Kier molecular flexibility index (Phi) is 9.81. The van der Waals surface area contributed by atoms with E-state index >= 15 is 0 Å². The topological polar surface area (TPSA) is 65.3 Å². The average molecular weight is 394 g/mol. The zero-order chi connectivity index (χ0) is 20.4. The van der Waals surface area contributed by atoms with Gasteiger partial charge in [0, 0.05) is 39.8 Å². The van der Waals surface area contributed by atoms with E-state index in [-0.39, 0.29) is 12.1 Å². The highest BCUT2D eigenvalue weighted by molar-refractivity contribution is 5.79. The Morgan fingerprint density at radius 1 is 1.32 bits per heavy atom. The Bertz CT molecular complexity index is 557. The number of likely N-dealkylation sites (N-methyl/N-ethyl adjacent to an activating group) is 1. The summed E-state index contributed by atoms with van der Waals surface area (Å²) < 4.78 is 11.6. The van der Waals surface area contributed by atoms with Crippen molar-refractivity contribution in [2.24, 2.45) is 10.9 Å². The maximum absolute atomic E-state index is 5.93. The van der Waals surface area contributed by atoms with Gasteiger partial charge in [-0.25, -0.2) is 0 Å².